The zero-order chi connectivity index (χ0) is 26.1. The van der Waals surface area contributed by atoms with Crippen LogP contribution >= 0.6 is 0 Å². The van der Waals surface area contributed by atoms with Gasteiger partial charge in [0.05, 0.1) is 37.1 Å². The zero-order valence-corrected chi connectivity index (χ0v) is 21.7. The Morgan fingerprint density at radius 3 is 2.49 bits per heavy atom. The standard InChI is InChI=1S/C29H34N4O4/c1-4-32-24-18-33(23(17-21-8-6-5-7-9-21)27(34)31-12-14-37-15-13-31)28(35)25(24)26(30-29(32)36)22-11-10-19(2)16-20(22)3/h5-11,16,23,26H,4,12-15,17-18H2,1-3H3,(H,30,36)/t23-,26-/m1/s1. The maximum absolute atomic E-state index is 14.2. The summed E-state index contributed by atoms with van der Waals surface area (Å²) < 4.78 is 5.46. The number of nitrogens with zero attached hydrogens (tertiary/aromatic N) is 3. The number of amides is 4. The van der Waals surface area contributed by atoms with Crippen LogP contribution in [0.25, 0.3) is 0 Å². The number of morpholine rings is 1. The molecule has 0 aliphatic carbocycles. The third-order valence-corrected chi connectivity index (χ3v) is 7.56. The van der Waals surface area contributed by atoms with Crippen LogP contribution in [0.15, 0.2) is 59.8 Å². The molecule has 1 saturated heterocycles. The van der Waals surface area contributed by atoms with Crippen molar-refractivity contribution in [2.75, 3.05) is 39.4 Å². The average molecular weight is 503 g/mol. The van der Waals surface area contributed by atoms with Crippen molar-refractivity contribution < 1.29 is 19.1 Å². The summed E-state index contributed by atoms with van der Waals surface area (Å²) in [6, 6.07) is 14.4. The number of carbonyl (C=O) groups excluding carboxylic acids is 3. The molecule has 0 aromatic heterocycles. The number of hydrogen-bond donors (Lipinski definition) is 1. The second-order valence-electron chi connectivity index (χ2n) is 9.92. The molecule has 8 heteroatoms. The molecule has 1 N–H and O–H groups in total. The largest absolute Gasteiger partial charge is 0.378 e. The van der Waals surface area contributed by atoms with Gasteiger partial charge < -0.3 is 19.9 Å². The van der Waals surface area contributed by atoms with Gasteiger partial charge in [-0.3, -0.25) is 14.5 Å². The summed E-state index contributed by atoms with van der Waals surface area (Å²) in [6.07, 6.45) is 0.408. The lowest BCUT2D eigenvalue weighted by Gasteiger charge is -2.35. The first-order chi connectivity index (χ1) is 17.9. The van der Waals surface area contributed by atoms with Crippen LogP contribution in [0, 0.1) is 13.8 Å². The van der Waals surface area contributed by atoms with Crippen LogP contribution in [0.3, 0.4) is 0 Å². The number of rotatable bonds is 6. The van der Waals surface area contributed by atoms with E-state index in [0.717, 1.165) is 22.3 Å². The predicted molar refractivity (Wildman–Crippen MR) is 140 cm³/mol. The molecule has 3 heterocycles. The van der Waals surface area contributed by atoms with Gasteiger partial charge in [-0.25, -0.2) is 4.79 Å². The van der Waals surface area contributed by atoms with Gasteiger partial charge in [0.1, 0.15) is 6.04 Å². The molecule has 2 atom stereocenters. The van der Waals surface area contributed by atoms with Crippen molar-refractivity contribution in [1.82, 2.24) is 20.0 Å². The van der Waals surface area contributed by atoms with E-state index in [1.54, 1.807) is 14.7 Å². The van der Waals surface area contributed by atoms with Gasteiger partial charge in [0.2, 0.25) is 5.91 Å². The highest BCUT2D eigenvalue weighted by Gasteiger charge is 2.47. The number of likely N-dealkylation sites (N-methyl/N-ethyl adjacent to an activating group) is 1. The number of urea groups is 1. The average Bonchev–Trinajstić information content (AvgIpc) is 3.24. The summed E-state index contributed by atoms with van der Waals surface area (Å²) in [5.74, 6) is -0.272. The lowest BCUT2D eigenvalue weighted by Crippen LogP contribution is -2.53. The fraction of sp³-hybridized carbons (Fsp3) is 0.414. The van der Waals surface area contributed by atoms with Gasteiger partial charge in [0.15, 0.2) is 0 Å². The van der Waals surface area contributed by atoms with Crippen LogP contribution in [0.2, 0.25) is 0 Å². The Labute approximate surface area is 217 Å². The normalized spacial score (nSPS) is 20.7. The van der Waals surface area contributed by atoms with Crippen molar-refractivity contribution in [2.45, 2.75) is 39.3 Å². The third-order valence-electron chi connectivity index (χ3n) is 7.56. The van der Waals surface area contributed by atoms with E-state index < -0.39 is 12.1 Å². The monoisotopic (exact) mass is 502 g/mol. The van der Waals surface area contributed by atoms with Crippen LogP contribution in [0.5, 0.6) is 0 Å². The molecule has 0 bridgehead atoms. The third kappa shape index (κ3) is 4.73. The minimum absolute atomic E-state index is 0.0780. The number of ether oxygens (including phenoxy) is 1. The molecule has 0 radical (unpaired) electrons. The first-order valence-electron chi connectivity index (χ1n) is 13.0. The van der Waals surface area contributed by atoms with Gasteiger partial charge in [0.25, 0.3) is 5.91 Å². The molecule has 2 aromatic carbocycles. The Balaban J connectivity index is 1.53. The van der Waals surface area contributed by atoms with Crippen molar-refractivity contribution in [3.05, 3.63) is 82.1 Å². The van der Waals surface area contributed by atoms with Crippen molar-refractivity contribution in [3.8, 4) is 0 Å². The topological polar surface area (TPSA) is 82.2 Å². The van der Waals surface area contributed by atoms with Crippen molar-refractivity contribution >= 4 is 17.8 Å². The molecule has 2 aromatic rings. The minimum Gasteiger partial charge on any atom is -0.378 e. The summed E-state index contributed by atoms with van der Waals surface area (Å²) in [4.78, 5) is 46.3. The molecule has 0 spiro atoms. The maximum atomic E-state index is 14.2. The molecule has 4 amide bonds. The second kappa shape index (κ2) is 10.4. The molecule has 3 aliphatic heterocycles. The Bertz CT molecular complexity index is 1240. The Morgan fingerprint density at radius 1 is 1.08 bits per heavy atom. The summed E-state index contributed by atoms with van der Waals surface area (Å²) in [5, 5.41) is 3.07. The fourth-order valence-corrected chi connectivity index (χ4v) is 5.65. The molecule has 194 valence electrons. The van der Waals surface area contributed by atoms with Gasteiger partial charge in [0, 0.05) is 26.1 Å². The Kier molecular flexibility index (Phi) is 7.02. The van der Waals surface area contributed by atoms with E-state index in [9.17, 15) is 14.4 Å². The first kappa shape index (κ1) is 25.0. The molecular weight excluding hydrogens is 468 g/mol. The van der Waals surface area contributed by atoms with Gasteiger partial charge in [-0.15, -0.1) is 0 Å². The highest BCUT2D eigenvalue weighted by molar-refractivity contribution is 6.03. The summed E-state index contributed by atoms with van der Waals surface area (Å²) in [5.41, 5.74) is 5.26. The zero-order valence-electron chi connectivity index (χ0n) is 21.7. The molecule has 1 fully saturated rings. The fourth-order valence-electron chi connectivity index (χ4n) is 5.65. The van der Waals surface area contributed by atoms with Gasteiger partial charge in [-0.2, -0.15) is 0 Å². The van der Waals surface area contributed by atoms with Gasteiger partial charge in [-0.1, -0.05) is 54.1 Å². The van der Waals surface area contributed by atoms with E-state index in [0.29, 0.717) is 50.5 Å². The number of benzene rings is 2. The van der Waals surface area contributed by atoms with E-state index in [1.807, 2.05) is 63.2 Å². The van der Waals surface area contributed by atoms with E-state index in [2.05, 4.69) is 11.4 Å². The van der Waals surface area contributed by atoms with Crippen LogP contribution in [-0.2, 0) is 20.7 Å². The number of carbonyl (C=O) groups is 3. The second-order valence-corrected chi connectivity index (χ2v) is 9.92. The van der Waals surface area contributed by atoms with Crippen molar-refractivity contribution in [2.24, 2.45) is 0 Å². The quantitative estimate of drug-likeness (QED) is 0.659. The molecule has 0 unspecified atom stereocenters. The molecule has 37 heavy (non-hydrogen) atoms. The molecule has 8 nitrogen and oxygen atoms in total. The molecule has 5 rings (SSSR count). The van der Waals surface area contributed by atoms with E-state index in [4.69, 9.17) is 4.74 Å². The minimum atomic E-state index is -0.674. The summed E-state index contributed by atoms with van der Waals surface area (Å²) in [6.45, 7) is 8.57. The molecule has 0 saturated carbocycles. The van der Waals surface area contributed by atoms with Crippen LogP contribution in [0.4, 0.5) is 4.79 Å². The van der Waals surface area contributed by atoms with Crippen LogP contribution in [0.1, 0.15) is 35.2 Å². The van der Waals surface area contributed by atoms with E-state index in [-0.39, 0.29) is 24.4 Å². The number of nitrogens with one attached hydrogen (secondary N) is 1. The highest BCUT2D eigenvalue weighted by Crippen LogP contribution is 2.38. The number of aryl methyl sites for hydroxylation is 2. The Hall–Kier alpha value is -3.65. The highest BCUT2D eigenvalue weighted by atomic mass is 16.5. The van der Waals surface area contributed by atoms with Gasteiger partial charge in [-0.05, 0) is 37.5 Å². The first-order valence-corrected chi connectivity index (χ1v) is 13.0. The summed E-state index contributed by atoms with van der Waals surface area (Å²) >= 11 is 0. The van der Waals surface area contributed by atoms with Crippen molar-refractivity contribution in [1.29, 1.82) is 0 Å². The molecule has 3 aliphatic rings. The van der Waals surface area contributed by atoms with Crippen molar-refractivity contribution in [3.63, 3.8) is 0 Å². The van der Waals surface area contributed by atoms with E-state index in [1.165, 1.54) is 0 Å². The van der Waals surface area contributed by atoms with Crippen LogP contribution < -0.4 is 5.32 Å². The lowest BCUT2D eigenvalue weighted by molar-refractivity contribution is -0.145. The van der Waals surface area contributed by atoms with Crippen LogP contribution in [-0.4, -0.2) is 78.0 Å². The van der Waals surface area contributed by atoms with Gasteiger partial charge >= 0.3 is 6.03 Å². The van der Waals surface area contributed by atoms with E-state index >= 15 is 0 Å². The lowest BCUT2D eigenvalue weighted by atomic mass is 9.91. The predicted octanol–water partition coefficient (Wildman–Crippen LogP) is 2.96. The SMILES string of the molecule is CCN1C(=O)N[C@H](c2ccc(C)cc2C)C2=C1CN([C@H](Cc1ccccc1)C(=O)N1CCOCC1)C2=O. The molecular formula is C29H34N4O4. The smallest absolute Gasteiger partial charge is 0.322 e. The summed E-state index contributed by atoms with van der Waals surface area (Å²) in [7, 11) is 0. The number of hydrogen-bond acceptors (Lipinski definition) is 4. The Morgan fingerprint density at radius 2 is 1.81 bits per heavy atom. The maximum Gasteiger partial charge on any atom is 0.322 e.